The molecular weight excluding hydrogens is 300 g/mol. The van der Waals surface area contributed by atoms with E-state index in [1.54, 1.807) is 0 Å². The number of rotatable bonds is 7. The summed E-state index contributed by atoms with van der Waals surface area (Å²) in [5, 5.41) is 0. The lowest BCUT2D eigenvalue weighted by atomic mass is 10.2. The van der Waals surface area contributed by atoms with Gasteiger partial charge in [-0.1, -0.05) is 37.3 Å². The van der Waals surface area contributed by atoms with Crippen LogP contribution >= 0.6 is 0 Å². The number of benzene rings is 1. The van der Waals surface area contributed by atoms with Gasteiger partial charge in [-0.25, -0.2) is 23.1 Å². The van der Waals surface area contributed by atoms with Gasteiger partial charge in [-0.15, -0.1) is 0 Å². The summed E-state index contributed by atoms with van der Waals surface area (Å²) in [6.07, 6.45) is 2.67. The number of likely N-dealkylation sites (N-methyl/N-ethyl adjacent to an activating group) is 1. The Balaban J connectivity index is 2.06. The summed E-state index contributed by atoms with van der Waals surface area (Å²) >= 11 is 0. The second-order valence-electron chi connectivity index (χ2n) is 4.90. The van der Waals surface area contributed by atoms with Crippen LogP contribution in [0.2, 0.25) is 0 Å². The molecule has 1 aromatic carbocycles. The largest absolute Gasteiger partial charge is 0.305 e. The van der Waals surface area contributed by atoms with Gasteiger partial charge in [0.1, 0.15) is 4.90 Å². The zero-order valence-electron chi connectivity index (χ0n) is 12.7. The molecule has 2 rings (SSSR count). The molecule has 2 aromatic rings. The summed E-state index contributed by atoms with van der Waals surface area (Å²) in [4.78, 5) is 10.4. The first-order valence-electron chi connectivity index (χ1n) is 7.08. The first kappa shape index (κ1) is 16.5. The highest BCUT2D eigenvalue weighted by Crippen LogP contribution is 2.14. The maximum absolute atomic E-state index is 12.1. The standard InChI is InChI=1S/C15H20N4O2S/c1-3-19(2)10-9-18-22(20,21)14-11-16-15(17-12-14)13-7-5-4-6-8-13/h4-8,11-12,18H,3,9-10H2,1-2H3. The van der Waals surface area contributed by atoms with Gasteiger partial charge in [0.15, 0.2) is 5.82 Å². The Bertz CT molecular complexity index is 687. The summed E-state index contributed by atoms with van der Waals surface area (Å²) < 4.78 is 26.8. The lowest BCUT2D eigenvalue weighted by Gasteiger charge is -2.14. The van der Waals surface area contributed by atoms with Gasteiger partial charge in [0.2, 0.25) is 10.0 Å². The number of nitrogens with one attached hydrogen (secondary N) is 1. The van der Waals surface area contributed by atoms with Crippen LogP contribution in [0.5, 0.6) is 0 Å². The summed E-state index contributed by atoms with van der Waals surface area (Å²) in [5.74, 6) is 0.505. The molecule has 1 N–H and O–H groups in total. The molecule has 0 saturated carbocycles. The second kappa shape index (κ2) is 7.44. The summed E-state index contributed by atoms with van der Waals surface area (Å²) in [7, 11) is -1.63. The van der Waals surface area contributed by atoms with Crippen molar-refractivity contribution in [1.82, 2.24) is 19.6 Å². The van der Waals surface area contributed by atoms with Crippen LogP contribution in [-0.4, -0.2) is 50.0 Å². The Kier molecular flexibility index (Phi) is 5.59. The molecule has 0 aliphatic carbocycles. The highest BCUT2D eigenvalue weighted by molar-refractivity contribution is 7.89. The van der Waals surface area contributed by atoms with Crippen molar-refractivity contribution in [3.8, 4) is 11.4 Å². The van der Waals surface area contributed by atoms with E-state index >= 15 is 0 Å². The predicted molar refractivity (Wildman–Crippen MR) is 85.8 cm³/mol. The van der Waals surface area contributed by atoms with Crippen LogP contribution in [0.1, 0.15) is 6.92 Å². The van der Waals surface area contributed by atoms with E-state index in [1.807, 2.05) is 49.2 Å². The fourth-order valence-electron chi connectivity index (χ4n) is 1.80. The van der Waals surface area contributed by atoms with Crippen LogP contribution in [0.4, 0.5) is 0 Å². The smallest absolute Gasteiger partial charge is 0.243 e. The third kappa shape index (κ3) is 4.33. The molecule has 118 valence electrons. The van der Waals surface area contributed by atoms with E-state index in [-0.39, 0.29) is 4.90 Å². The van der Waals surface area contributed by atoms with Crippen LogP contribution in [0.3, 0.4) is 0 Å². The van der Waals surface area contributed by atoms with Crippen LogP contribution in [0.25, 0.3) is 11.4 Å². The number of aromatic nitrogens is 2. The Morgan fingerprint density at radius 2 is 1.77 bits per heavy atom. The highest BCUT2D eigenvalue weighted by Gasteiger charge is 2.15. The van der Waals surface area contributed by atoms with Gasteiger partial charge < -0.3 is 4.90 Å². The number of hydrogen-bond acceptors (Lipinski definition) is 5. The number of hydrogen-bond donors (Lipinski definition) is 1. The Morgan fingerprint density at radius 3 is 2.36 bits per heavy atom. The number of sulfonamides is 1. The molecule has 0 aliphatic rings. The van der Waals surface area contributed by atoms with Gasteiger partial charge in [0.05, 0.1) is 12.4 Å². The second-order valence-corrected chi connectivity index (χ2v) is 6.67. The topological polar surface area (TPSA) is 75.2 Å². The minimum Gasteiger partial charge on any atom is -0.305 e. The quantitative estimate of drug-likeness (QED) is 0.834. The Morgan fingerprint density at radius 1 is 1.14 bits per heavy atom. The van der Waals surface area contributed by atoms with Crippen molar-refractivity contribution in [3.05, 3.63) is 42.7 Å². The van der Waals surface area contributed by atoms with E-state index < -0.39 is 10.0 Å². The monoisotopic (exact) mass is 320 g/mol. The molecule has 7 heteroatoms. The minimum atomic E-state index is -3.56. The maximum atomic E-state index is 12.1. The zero-order chi connectivity index (χ0) is 16.0. The van der Waals surface area contributed by atoms with Crippen molar-refractivity contribution in [2.45, 2.75) is 11.8 Å². The molecule has 0 spiro atoms. The normalized spacial score (nSPS) is 11.8. The third-order valence-electron chi connectivity index (χ3n) is 3.30. The molecule has 0 amide bonds. The van der Waals surface area contributed by atoms with Gasteiger partial charge in [-0.2, -0.15) is 0 Å². The molecule has 6 nitrogen and oxygen atoms in total. The lowest BCUT2D eigenvalue weighted by Crippen LogP contribution is -2.33. The van der Waals surface area contributed by atoms with Crippen LogP contribution in [0.15, 0.2) is 47.6 Å². The Labute approximate surface area is 131 Å². The first-order chi connectivity index (χ1) is 10.5. The van der Waals surface area contributed by atoms with Crippen molar-refractivity contribution < 1.29 is 8.42 Å². The fraction of sp³-hybridized carbons (Fsp3) is 0.333. The molecule has 22 heavy (non-hydrogen) atoms. The van der Waals surface area contributed by atoms with E-state index in [4.69, 9.17) is 0 Å². The average Bonchev–Trinajstić information content (AvgIpc) is 2.55. The van der Waals surface area contributed by atoms with E-state index in [2.05, 4.69) is 14.7 Å². The summed E-state index contributed by atoms with van der Waals surface area (Å²) in [5.41, 5.74) is 0.851. The predicted octanol–water partition coefficient (Wildman–Crippen LogP) is 1.37. The third-order valence-corrected chi connectivity index (χ3v) is 4.71. The van der Waals surface area contributed by atoms with Gasteiger partial charge >= 0.3 is 0 Å². The SMILES string of the molecule is CCN(C)CCNS(=O)(=O)c1cnc(-c2ccccc2)nc1. The molecule has 0 unspecified atom stereocenters. The summed E-state index contributed by atoms with van der Waals surface area (Å²) in [6, 6.07) is 9.43. The van der Waals surface area contributed by atoms with Crippen molar-refractivity contribution >= 4 is 10.0 Å². The van der Waals surface area contributed by atoms with Crippen LogP contribution < -0.4 is 4.72 Å². The molecule has 0 saturated heterocycles. The Hall–Kier alpha value is -1.83. The molecule has 0 fully saturated rings. The van der Waals surface area contributed by atoms with Gasteiger partial charge in [-0.05, 0) is 13.6 Å². The molecule has 0 radical (unpaired) electrons. The van der Waals surface area contributed by atoms with E-state index in [9.17, 15) is 8.42 Å². The number of nitrogens with zero attached hydrogens (tertiary/aromatic N) is 3. The van der Waals surface area contributed by atoms with E-state index in [1.165, 1.54) is 12.4 Å². The van der Waals surface area contributed by atoms with E-state index in [0.29, 0.717) is 18.9 Å². The molecule has 0 atom stereocenters. The van der Waals surface area contributed by atoms with Crippen molar-refractivity contribution in [3.63, 3.8) is 0 Å². The molecule has 1 aromatic heterocycles. The van der Waals surface area contributed by atoms with Crippen molar-refractivity contribution in [2.75, 3.05) is 26.7 Å². The molecule has 1 heterocycles. The highest BCUT2D eigenvalue weighted by atomic mass is 32.2. The minimum absolute atomic E-state index is 0.0753. The van der Waals surface area contributed by atoms with Crippen LogP contribution in [0, 0.1) is 0 Å². The average molecular weight is 320 g/mol. The van der Waals surface area contributed by atoms with Crippen LogP contribution in [-0.2, 0) is 10.0 Å². The molecular formula is C15H20N4O2S. The van der Waals surface area contributed by atoms with Gasteiger partial charge in [0.25, 0.3) is 0 Å². The van der Waals surface area contributed by atoms with Gasteiger partial charge in [-0.3, -0.25) is 0 Å². The zero-order valence-corrected chi connectivity index (χ0v) is 13.5. The maximum Gasteiger partial charge on any atom is 0.243 e. The lowest BCUT2D eigenvalue weighted by molar-refractivity contribution is 0.358. The van der Waals surface area contributed by atoms with Crippen molar-refractivity contribution in [1.29, 1.82) is 0 Å². The molecule has 0 aliphatic heterocycles. The van der Waals surface area contributed by atoms with E-state index in [0.717, 1.165) is 12.1 Å². The first-order valence-corrected chi connectivity index (χ1v) is 8.57. The van der Waals surface area contributed by atoms with Gasteiger partial charge in [0, 0.05) is 18.7 Å². The fourth-order valence-corrected chi connectivity index (χ4v) is 2.71. The van der Waals surface area contributed by atoms with Crippen molar-refractivity contribution in [2.24, 2.45) is 0 Å². The summed E-state index contributed by atoms with van der Waals surface area (Å²) in [6.45, 7) is 3.90. The molecule has 0 bridgehead atoms.